The number of ether oxygens (including phenoxy) is 2. The van der Waals surface area contributed by atoms with Crippen molar-refractivity contribution >= 4 is 5.97 Å². The van der Waals surface area contributed by atoms with E-state index in [0.29, 0.717) is 12.5 Å². The first-order chi connectivity index (χ1) is 11.8. The molecule has 0 radical (unpaired) electrons. The Morgan fingerprint density at radius 2 is 1.71 bits per heavy atom. The first-order valence-electron chi connectivity index (χ1n) is 8.62. The SMILES string of the molecule is COC(=O)C(c1ccc(OCc2ccccc2)cc1)C1CCCC1. The number of esters is 1. The molecule has 0 N–H and O–H groups in total. The van der Waals surface area contributed by atoms with Crippen molar-refractivity contribution in [3.05, 3.63) is 65.7 Å². The quantitative estimate of drug-likeness (QED) is 0.722. The van der Waals surface area contributed by atoms with Gasteiger partial charge in [-0.3, -0.25) is 4.79 Å². The van der Waals surface area contributed by atoms with Crippen molar-refractivity contribution in [1.29, 1.82) is 0 Å². The summed E-state index contributed by atoms with van der Waals surface area (Å²) in [5, 5.41) is 0. The summed E-state index contributed by atoms with van der Waals surface area (Å²) in [6, 6.07) is 18.0. The largest absolute Gasteiger partial charge is 0.489 e. The topological polar surface area (TPSA) is 35.5 Å². The molecule has 3 nitrogen and oxygen atoms in total. The molecule has 24 heavy (non-hydrogen) atoms. The standard InChI is InChI=1S/C21H24O3/c1-23-21(22)20(17-9-5-6-10-17)18-11-13-19(14-12-18)24-15-16-7-3-2-4-8-16/h2-4,7-8,11-14,17,20H,5-6,9-10,15H2,1H3. The van der Waals surface area contributed by atoms with Gasteiger partial charge in [-0.15, -0.1) is 0 Å². The van der Waals surface area contributed by atoms with Gasteiger partial charge in [0.2, 0.25) is 0 Å². The van der Waals surface area contributed by atoms with Crippen molar-refractivity contribution in [1.82, 2.24) is 0 Å². The molecule has 3 rings (SSSR count). The molecule has 1 atom stereocenters. The molecule has 3 heteroatoms. The highest BCUT2D eigenvalue weighted by atomic mass is 16.5. The Morgan fingerprint density at radius 3 is 2.33 bits per heavy atom. The van der Waals surface area contributed by atoms with E-state index >= 15 is 0 Å². The van der Waals surface area contributed by atoms with Gasteiger partial charge < -0.3 is 9.47 Å². The van der Waals surface area contributed by atoms with Crippen LogP contribution in [-0.4, -0.2) is 13.1 Å². The van der Waals surface area contributed by atoms with Gasteiger partial charge in [-0.2, -0.15) is 0 Å². The van der Waals surface area contributed by atoms with Crippen LogP contribution in [0.25, 0.3) is 0 Å². The van der Waals surface area contributed by atoms with Crippen molar-refractivity contribution in [3.63, 3.8) is 0 Å². The van der Waals surface area contributed by atoms with E-state index < -0.39 is 0 Å². The predicted octanol–water partition coefficient (Wildman–Crippen LogP) is 4.71. The van der Waals surface area contributed by atoms with Crippen LogP contribution < -0.4 is 4.74 Å². The zero-order valence-electron chi connectivity index (χ0n) is 14.1. The van der Waals surface area contributed by atoms with Crippen molar-refractivity contribution in [2.45, 2.75) is 38.2 Å². The molecule has 0 aromatic heterocycles. The molecule has 0 spiro atoms. The number of methoxy groups -OCH3 is 1. The van der Waals surface area contributed by atoms with E-state index in [2.05, 4.69) is 0 Å². The Balaban J connectivity index is 1.68. The zero-order chi connectivity index (χ0) is 16.8. The lowest BCUT2D eigenvalue weighted by Gasteiger charge is -2.21. The fourth-order valence-electron chi connectivity index (χ4n) is 3.53. The van der Waals surface area contributed by atoms with Gasteiger partial charge >= 0.3 is 5.97 Å². The minimum atomic E-state index is -0.152. The summed E-state index contributed by atoms with van der Waals surface area (Å²) >= 11 is 0. The second kappa shape index (κ2) is 8.00. The molecule has 2 aromatic rings. The normalized spacial score (nSPS) is 15.9. The Hall–Kier alpha value is -2.29. The maximum atomic E-state index is 12.2. The second-order valence-corrected chi connectivity index (χ2v) is 6.39. The van der Waals surface area contributed by atoms with Gasteiger partial charge in [0.15, 0.2) is 0 Å². The lowest BCUT2D eigenvalue weighted by molar-refractivity contribution is -0.143. The summed E-state index contributed by atoms with van der Waals surface area (Å²) in [7, 11) is 1.47. The first kappa shape index (κ1) is 16.6. The molecule has 0 amide bonds. The lowest BCUT2D eigenvalue weighted by atomic mass is 9.85. The first-order valence-corrected chi connectivity index (χ1v) is 8.62. The van der Waals surface area contributed by atoms with Crippen LogP contribution in [0.2, 0.25) is 0 Å². The zero-order valence-corrected chi connectivity index (χ0v) is 14.1. The summed E-state index contributed by atoms with van der Waals surface area (Å²) in [4.78, 5) is 12.2. The molecule has 1 aliphatic rings. The minimum absolute atomic E-state index is 0.125. The Kier molecular flexibility index (Phi) is 5.52. The molecule has 0 saturated heterocycles. The van der Waals surface area contributed by atoms with Gasteiger partial charge in [0, 0.05) is 0 Å². The highest BCUT2D eigenvalue weighted by Crippen LogP contribution is 2.38. The number of carbonyl (C=O) groups excluding carboxylic acids is 1. The van der Waals surface area contributed by atoms with E-state index in [1.54, 1.807) is 0 Å². The van der Waals surface area contributed by atoms with Gasteiger partial charge in [0.05, 0.1) is 13.0 Å². The van der Waals surface area contributed by atoms with Gasteiger partial charge in [-0.1, -0.05) is 55.3 Å². The smallest absolute Gasteiger partial charge is 0.313 e. The second-order valence-electron chi connectivity index (χ2n) is 6.39. The maximum Gasteiger partial charge on any atom is 0.313 e. The molecule has 1 aliphatic carbocycles. The summed E-state index contributed by atoms with van der Waals surface area (Å²) in [6.07, 6.45) is 4.62. The van der Waals surface area contributed by atoms with Gasteiger partial charge in [0.25, 0.3) is 0 Å². The van der Waals surface area contributed by atoms with E-state index in [4.69, 9.17) is 9.47 Å². The van der Waals surface area contributed by atoms with Crippen molar-refractivity contribution in [2.24, 2.45) is 5.92 Å². The monoisotopic (exact) mass is 324 g/mol. The molecular weight excluding hydrogens is 300 g/mol. The molecule has 1 fully saturated rings. The van der Waals surface area contributed by atoms with Crippen LogP contribution in [0.3, 0.4) is 0 Å². The molecule has 126 valence electrons. The van der Waals surface area contributed by atoms with Crippen molar-refractivity contribution in [3.8, 4) is 5.75 Å². The molecule has 2 aromatic carbocycles. The predicted molar refractivity (Wildman–Crippen MR) is 93.9 cm³/mol. The highest BCUT2D eigenvalue weighted by molar-refractivity contribution is 5.78. The number of rotatable bonds is 6. The summed E-state index contributed by atoms with van der Waals surface area (Å²) < 4.78 is 10.9. The van der Waals surface area contributed by atoms with Gasteiger partial charge in [-0.05, 0) is 42.0 Å². The van der Waals surface area contributed by atoms with E-state index in [1.165, 1.54) is 20.0 Å². The fraction of sp³-hybridized carbons (Fsp3) is 0.381. The van der Waals surface area contributed by atoms with Crippen LogP contribution in [0.15, 0.2) is 54.6 Å². The molecule has 1 saturated carbocycles. The molecule has 0 bridgehead atoms. The molecule has 0 heterocycles. The fourth-order valence-corrected chi connectivity index (χ4v) is 3.53. The van der Waals surface area contributed by atoms with Crippen LogP contribution >= 0.6 is 0 Å². The third-order valence-electron chi connectivity index (χ3n) is 4.81. The van der Waals surface area contributed by atoms with Crippen molar-refractivity contribution < 1.29 is 14.3 Å². The average molecular weight is 324 g/mol. The van der Waals surface area contributed by atoms with Crippen LogP contribution in [0.5, 0.6) is 5.75 Å². The summed E-state index contributed by atoms with van der Waals surface area (Å²) in [5.74, 6) is 0.937. The third kappa shape index (κ3) is 3.97. The van der Waals surface area contributed by atoms with Crippen LogP contribution in [0.1, 0.15) is 42.7 Å². The Bertz CT molecular complexity index is 643. The van der Waals surface area contributed by atoms with E-state index in [1.807, 2.05) is 54.6 Å². The number of hydrogen-bond acceptors (Lipinski definition) is 3. The third-order valence-corrected chi connectivity index (χ3v) is 4.81. The van der Waals surface area contributed by atoms with Crippen molar-refractivity contribution in [2.75, 3.05) is 7.11 Å². The average Bonchev–Trinajstić information content (AvgIpc) is 3.16. The van der Waals surface area contributed by atoms with Crippen LogP contribution in [0.4, 0.5) is 0 Å². The van der Waals surface area contributed by atoms with E-state index in [-0.39, 0.29) is 11.9 Å². The number of carbonyl (C=O) groups is 1. The van der Waals surface area contributed by atoms with Gasteiger partial charge in [-0.25, -0.2) is 0 Å². The summed E-state index contributed by atoms with van der Waals surface area (Å²) in [6.45, 7) is 0.545. The van der Waals surface area contributed by atoms with Crippen LogP contribution in [-0.2, 0) is 16.1 Å². The summed E-state index contributed by atoms with van der Waals surface area (Å²) in [5.41, 5.74) is 2.17. The number of hydrogen-bond donors (Lipinski definition) is 0. The molecule has 1 unspecified atom stereocenters. The van der Waals surface area contributed by atoms with E-state index in [0.717, 1.165) is 29.7 Å². The van der Waals surface area contributed by atoms with Gasteiger partial charge in [0.1, 0.15) is 12.4 Å². The molecule has 0 aliphatic heterocycles. The number of benzene rings is 2. The Morgan fingerprint density at radius 1 is 1.04 bits per heavy atom. The molecular formula is C21H24O3. The van der Waals surface area contributed by atoms with Crippen LogP contribution in [0, 0.1) is 5.92 Å². The highest BCUT2D eigenvalue weighted by Gasteiger charge is 2.32. The lowest BCUT2D eigenvalue weighted by Crippen LogP contribution is -2.21. The van der Waals surface area contributed by atoms with E-state index in [9.17, 15) is 4.79 Å². The minimum Gasteiger partial charge on any atom is -0.489 e. The Labute approximate surface area is 143 Å². The maximum absolute atomic E-state index is 12.2.